The van der Waals surface area contributed by atoms with E-state index in [1.54, 1.807) is 0 Å². The largest absolute Gasteiger partial charge is 0.202 e. The van der Waals surface area contributed by atoms with Crippen molar-refractivity contribution in [3.05, 3.63) is 0 Å². The number of hydrogen-bond acceptors (Lipinski definition) is 5. The van der Waals surface area contributed by atoms with E-state index in [0.717, 1.165) is 0 Å². The summed E-state index contributed by atoms with van der Waals surface area (Å²) >= 11 is 0. The third-order valence-corrected chi connectivity index (χ3v) is 0. The van der Waals surface area contributed by atoms with Gasteiger partial charge < -0.3 is 0 Å². The molecular formula is CH2ClNO4. The average Bonchev–Trinajstić information content (AvgIpc) is 1.36. The number of rotatable bonds is 0. The molecule has 42 valence electrons. The Morgan fingerprint density at radius 1 is 1.29 bits per heavy atom. The van der Waals surface area contributed by atoms with E-state index in [4.69, 9.17) is 23.9 Å². The summed E-state index contributed by atoms with van der Waals surface area (Å²) in [5.41, 5.74) is 0. The molecule has 1 N–H and O–H groups in total. The monoisotopic (exact) mass is 127 g/mol. The Bertz CT molecular complexity index is 48.4. The Morgan fingerprint density at radius 3 is 1.29 bits per heavy atom. The molecule has 0 saturated heterocycles. The Balaban J connectivity index is 0. The second kappa shape index (κ2) is 3.80. The van der Waals surface area contributed by atoms with Crippen LogP contribution < -0.4 is 14.0 Å². The van der Waals surface area contributed by atoms with E-state index in [0.29, 0.717) is 0 Å². The molecule has 0 rings (SSSR count). The molecule has 6 heteroatoms. The van der Waals surface area contributed by atoms with Gasteiger partial charge in [0, 0.05) is 6.57 Å². The van der Waals surface area contributed by atoms with Crippen LogP contribution in [-0.2, 0) is 0 Å². The molecule has 0 heterocycles. The molecule has 0 atom stereocenters. The number of hydrogen-bond donors (Lipinski definition) is 1. The Hall–Kier alpha value is -0.380. The maximum atomic E-state index is 8.60. The molecule has 0 saturated carbocycles. The summed E-state index contributed by atoms with van der Waals surface area (Å²) in [6, 6.07) is 0. The molecule has 0 radical (unpaired) electrons. The standard InChI is InChI=1S/CHN.ClHO4/c1-2;2-1(3,4)5/h1H;(H,2,3,4,5). The first-order valence-corrected chi connectivity index (χ1v) is 2.15. The zero-order valence-electron chi connectivity index (χ0n) is 3.07. The van der Waals surface area contributed by atoms with Gasteiger partial charge in [-0.3, -0.25) is 0 Å². The van der Waals surface area contributed by atoms with Gasteiger partial charge in [0.2, 0.25) is 0 Å². The smallest absolute Gasteiger partial charge is 0.0777 e. The zero-order valence-corrected chi connectivity index (χ0v) is 3.83. The minimum absolute atomic E-state index is 3.50. The van der Waals surface area contributed by atoms with Crippen molar-refractivity contribution in [1.29, 1.82) is 5.26 Å². The highest BCUT2D eigenvalue weighted by atomic mass is 35.7. The first-order chi connectivity index (χ1) is 3.00. The first kappa shape index (κ1) is 9.80. The zero-order chi connectivity index (χ0) is 6.50. The lowest BCUT2D eigenvalue weighted by molar-refractivity contribution is -1.92. The topological polar surface area (TPSA) is 113 Å². The van der Waals surface area contributed by atoms with Crippen molar-refractivity contribution in [2.45, 2.75) is 0 Å². The fraction of sp³-hybridized carbons (Fsp3) is 0. The third kappa shape index (κ3) is 510. The van der Waals surface area contributed by atoms with Crippen LogP contribution >= 0.6 is 0 Å². The number of nitriles is 1. The predicted molar refractivity (Wildman–Crippen MR) is 8.89 cm³/mol. The van der Waals surface area contributed by atoms with Gasteiger partial charge in [-0.1, -0.05) is 0 Å². The molecule has 5 nitrogen and oxygen atoms in total. The molecule has 7 heavy (non-hydrogen) atoms. The molecule has 0 aromatic rings. The van der Waals surface area contributed by atoms with Crippen LogP contribution in [0, 0.1) is 22.1 Å². The van der Waals surface area contributed by atoms with Gasteiger partial charge in [-0.05, 0) is 0 Å². The van der Waals surface area contributed by atoms with Crippen molar-refractivity contribution >= 4 is 0 Å². The maximum Gasteiger partial charge on any atom is 0.0777 e. The van der Waals surface area contributed by atoms with Crippen molar-refractivity contribution in [2.75, 3.05) is 0 Å². The van der Waals surface area contributed by atoms with Crippen LogP contribution in [0.5, 0.6) is 0 Å². The molecule has 0 aromatic carbocycles. The first-order valence-electron chi connectivity index (χ1n) is 0.890. The summed E-state index contributed by atoms with van der Waals surface area (Å²) in [5.74, 6) is 0. The molecule has 0 aliphatic rings. The van der Waals surface area contributed by atoms with Crippen LogP contribution in [0.25, 0.3) is 0 Å². The van der Waals surface area contributed by atoms with Crippen LogP contribution in [0.4, 0.5) is 0 Å². The molecule has 0 spiro atoms. The summed E-state index contributed by atoms with van der Waals surface area (Å²) in [6.45, 7) is 3.50. The lowest BCUT2D eigenvalue weighted by Crippen LogP contribution is -2.58. The van der Waals surface area contributed by atoms with Gasteiger partial charge in [-0.2, -0.15) is 14.0 Å². The highest BCUT2D eigenvalue weighted by Crippen LogP contribution is 1.60. The highest BCUT2D eigenvalue weighted by Gasteiger charge is 1.98. The molecule has 0 unspecified atom stereocenters. The molecule has 0 aromatic heterocycles. The molecule has 0 aliphatic heterocycles. The van der Waals surface area contributed by atoms with Crippen molar-refractivity contribution in [3.63, 3.8) is 0 Å². The van der Waals surface area contributed by atoms with Gasteiger partial charge in [0.25, 0.3) is 0 Å². The minimum atomic E-state index is -4.69. The number of nitrogens with zero attached hydrogens (tertiary/aromatic N) is 1. The van der Waals surface area contributed by atoms with E-state index in [-0.39, 0.29) is 0 Å². The lowest BCUT2D eigenvalue weighted by atomic mass is 11.9. The van der Waals surface area contributed by atoms with Crippen molar-refractivity contribution in [3.8, 4) is 6.57 Å². The van der Waals surface area contributed by atoms with Crippen LogP contribution in [0.1, 0.15) is 0 Å². The van der Waals surface area contributed by atoms with Gasteiger partial charge in [-0.25, -0.2) is 5.26 Å². The quantitative estimate of drug-likeness (QED) is 0.356. The van der Waals surface area contributed by atoms with E-state index in [1.165, 1.54) is 0 Å². The molecule has 0 bridgehead atoms. The summed E-state index contributed by atoms with van der Waals surface area (Å²) in [5, 5.41) is 6.50. The van der Waals surface area contributed by atoms with E-state index in [1.807, 2.05) is 0 Å². The molecule has 0 fully saturated rings. The van der Waals surface area contributed by atoms with Crippen LogP contribution in [-0.4, -0.2) is 4.66 Å². The Kier molecular flexibility index (Phi) is 5.31. The summed E-state index contributed by atoms with van der Waals surface area (Å²) in [6.07, 6.45) is 0. The third-order valence-electron chi connectivity index (χ3n) is 0. The number of halogens is 1. The van der Waals surface area contributed by atoms with Crippen LogP contribution in [0.3, 0.4) is 0 Å². The van der Waals surface area contributed by atoms with Gasteiger partial charge >= 0.3 is 0 Å². The van der Waals surface area contributed by atoms with Crippen LogP contribution in [0.15, 0.2) is 0 Å². The summed E-state index contributed by atoms with van der Waals surface area (Å²) in [7, 11) is -4.69. The van der Waals surface area contributed by atoms with Gasteiger partial charge in [0.05, 0.1) is 14.9 Å². The van der Waals surface area contributed by atoms with Gasteiger partial charge in [0.1, 0.15) is 0 Å². The highest BCUT2D eigenvalue weighted by molar-refractivity contribution is 4.03. The second-order valence-corrected chi connectivity index (χ2v) is 1.19. The van der Waals surface area contributed by atoms with Crippen LogP contribution in [0.2, 0.25) is 0 Å². The Morgan fingerprint density at radius 2 is 1.29 bits per heavy atom. The summed E-state index contributed by atoms with van der Waals surface area (Å²) in [4.78, 5) is 0. The molecular weight excluding hydrogens is 125 g/mol. The van der Waals surface area contributed by atoms with Gasteiger partial charge in [0.15, 0.2) is 0 Å². The van der Waals surface area contributed by atoms with E-state index in [9.17, 15) is 0 Å². The van der Waals surface area contributed by atoms with Crippen molar-refractivity contribution in [2.24, 2.45) is 0 Å². The van der Waals surface area contributed by atoms with E-state index < -0.39 is 10.2 Å². The van der Waals surface area contributed by atoms with Crippen molar-refractivity contribution in [1.82, 2.24) is 0 Å². The summed E-state index contributed by atoms with van der Waals surface area (Å²) < 4.78 is 32.7. The normalized spacial score (nSPS) is 8.86. The molecule has 0 amide bonds. The van der Waals surface area contributed by atoms with E-state index >= 15 is 0 Å². The minimum Gasteiger partial charge on any atom is -0.202 e. The van der Waals surface area contributed by atoms with Gasteiger partial charge in [-0.15, -0.1) is 0 Å². The fourth-order valence-corrected chi connectivity index (χ4v) is 0. The lowest BCUT2D eigenvalue weighted by Gasteiger charge is -2.03. The SMILES string of the molecule is C#N.[O-][Cl+3]([O-])([O-])O. The van der Waals surface area contributed by atoms with Crippen molar-refractivity contribution < 1.29 is 28.9 Å². The Labute approximate surface area is 41.8 Å². The van der Waals surface area contributed by atoms with E-state index in [2.05, 4.69) is 6.57 Å². The second-order valence-electron chi connectivity index (χ2n) is 0.396. The predicted octanol–water partition coefficient (Wildman–Crippen LogP) is -3.98. The maximum absolute atomic E-state index is 8.60. The average molecular weight is 127 g/mol. The molecule has 0 aliphatic carbocycles. The fourth-order valence-electron chi connectivity index (χ4n) is 0.